The SMILES string of the molecule is CC(C)(C)[Si](C)(C)CCCCCCCCCCCCCCNc1ccc(C(=O)O)cc1. The van der Waals surface area contributed by atoms with E-state index in [2.05, 4.69) is 39.2 Å². The van der Waals surface area contributed by atoms with Crippen LogP contribution in [0.1, 0.15) is 108 Å². The summed E-state index contributed by atoms with van der Waals surface area (Å²) < 4.78 is 0. The molecule has 0 heterocycles. The number of anilines is 1. The Hall–Kier alpha value is -1.29. The van der Waals surface area contributed by atoms with Gasteiger partial charge in [0.1, 0.15) is 0 Å². The van der Waals surface area contributed by atoms with E-state index in [4.69, 9.17) is 5.11 Å². The maximum absolute atomic E-state index is 10.8. The molecule has 1 aromatic rings. The fourth-order valence-corrected chi connectivity index (χ4v) is 5.68. The number of nitrogens with one attached hydrogen (secondary N) is 1. The third-order valence-electron chi connectivity index (χ3n) is 7.22. The largest absolute Gasteiger partial charge is 0.478 e. The van der Waals surface area contributed by atoms with E-state index in [1.54, 1.807) is 12.1 Å². The fourth-order valence-electron chi connectivity index (χ4n) is 3.80. The minimum absolute atomic E-state index is 0.340. The lowest BCUT2D eigenvalue weighted by Gasteiger charge is -2.37. The average molecular weight is 448 g/mol. The van der Waals surface area contributed by atoms with Crippen molar-refractivity contribution in [2.24, 2.45) is 0 Å². The zero-order valence-electron chi connectivity index (χ0n) is 21.1. The first kappa shape index (κ1) is 27.7. The molecule has 0 unspecified atom stereocenters. The van der Waals surface area contributed by atoms with Crippen LogP contribution in [0.2, 0.25) is 24.2 Å². The van der Waals surface area contributed by atoms with Crippen molar-refractivity contribution in [1.29, 1.82) is 0 Å². The molecule has 0 bridgehead atoms. The molecule has 4 heteroatoms. The van der Waals surface area contributed by atoms with E-state index in [9.17, 15) is 4.79 Å². The predicted octanol–water partition coefficient (Wildman–Crippen LogP) is 8.99. The highest BCUT2D eigenvalue weighted by Gasteiger charge is 2.33. The monoisotopic (exact) mass is 447 g/mol. The van der Waals surface area contributed by atoms with Crippen molar-refractivity contribution in [1.82, 2.24) is 0 Å². The summed E-state index contributed by atoms with van der Waals surface area (Å²) in [4.78, 5) is 10.8. The van der Waals surface area contributed by atoms with Crippen molar-refractivity contribution < 1.29 is 9.90 Å². The molecule has 0 saturated heterocycles. The van der Waals surface area contributed by atoms with Gasteiger partial charge in [0.2, 0.25) is 0 Å². The fraction of sp³-hybridized carbons (Fsp3) is 0.741. The van der Waals surface area contributed by atoms with E-state index in [0.717, 1.165) is 12.2 Å². The van der Waals surface area contributed by atoms with Gasteiger partial charge in [-0.2, -0.15) is 0 Å². The van der Waals surface area contributed by atoms with Crippen LogP contribution < -0.4 is 5.32 Å². The number of hydrogen-bond acceptors (Lipinski definition) is 2. The minimum atomic E-state index is -1.05. The maximum Gasteiger partial charge on any atom is 0.335 e. The molecule has 1 rings (SSSR count). The third-order valence-corrected chi connectivity index (χ3v) is 12.9. The highest BCUT2D eigenvalue weighted by molar-refractivity contribution is 6.80. The molecule has 0 spiro atoms. The molecule has 0 atom stereocenters. The lowest BCUT2D eigenvalue weighted by atomic mass is 10.1. The molecular weight excluding hydrogens is 398 g/mol. The second-order valence-electron chi connectivity index (χ2n) is 10.9. The van der Waals surface area contributed by atoms with Gasteiger partial charge in [0, 0.05) is 12.2 Å². The third kappa shape index (κ3) is 12.4. The van der Waals surface area contributed by atoms with Gasteiger partial charge >= 0.3 is 5.97 Å². The Labute approximate surface area is 193 Å². The Morgan fingerprint density at radius 2 is 1.19 bits per heavy atom. The van der Waals surface area contributed by atoms with Crippen LogP contribution in [-0.4, -0.2) is 25.7 Å². The van der Waals surface area contributed by atoms with Gasteiger partial charge in [-0.05, 0) is 35.7 Å². The molecule has 1 aromatic carbocycles. The molecule has 0 radical (unpaired) electrons. The van der Waals surface area contributed by atoms with Crippen molar-refractivity contribution in [3.05, 3.63) is 29.8 Å². The summed E-state index contributed by atoms with van der Waals surface area (Å²) >= 11 is 0. The van der Waals surface area contributed by atoms with Gasteiger partial charge in [-0.15, -0.1) is 0 Å². The van der Waals surface area contributed by atoms with E-state index < -0.39 is 14.0 Å². The molecule has 178 valence electrons. The van der Waals surface area contributed by atoms with Gasteiger partial charge in [0.25, 0.3) is 0 Å². The Bertz CT molecular complexity index is 605. The zero-order chi connectivity index (χ0) is 23.2. The summed E-state index contributed by atoms with van der Waals surface area (Å²) in [5.41, 5.74) is 1.34. The molecule has 3 nitrogen and oxygen atoms in total. The van der Waals surface area contributed by atoms with Gasteiger partial charge in [-0.1, -0.05) is 111 Å². The van der Waals surface area contributed by atoms with E-state index in [1.165, 1.54) is 83.1 Å². The summed E-state index contributed by atoms with van der Waals surface area (Å²) in [6.07, 6.45) is 16.5. The number of aromatic carboxylic acids is 1. The molecule has 0 saturated carbocycles. The summed E-state index contributed by atoms with van der Waals surface area (Å²) in [6.45, 7) is 13.4. The topological polar surface area (TPSA) is 49.3 Å². The van der Waals surface area contributed by atoms with E-state index in [-0.39, 0.29) is 0 Å². The quantitative estimate of drug-likeness (QED) is 0.185. The van der Waals surface area contributed by atoms with Gasteiger partial charge in [-0.3, -0.25) is 0 Å². The Morgan fingerprint density at radius 3 is 1.61 bits per heavy atom. The zero-order valence-corrected chi connectivity index (χ0v) is 22.1. The molecule has 0 aromatic heterocycles. The smallest absolute Gasteiger partial charge is 0.335 e. The minimum Gasteiger partial charge on any atom is -0.478 e. The van der Waals surface area contributed by atoms with Crippen molar-refractivity contribution in [2.45, 2.75) is 122 Å². The van der Waals surface area contributed by atoms with Crippen LogP contribution in [0.25, 0.3) is 0 Å². The molecule has 31 heavy (non-hydrogen) atoms. The van der Waals surface area contributed by atoms with Gasteiger partial charge in [-0.25, -0.2) is 4.79 Å². The first-order chi connectivity index (χ1) is 14.6. The van der Waals surface area contributed by atoms with Crippen LogP contribution >= 0.6 is 0 Å². The summed E-state index contributed by atoms with van der Waals surface area (Å²) in [5, 5.41) is 12.8. The van der Waals surface area contributed by atoms with Crippen molar-refractivity contribution in [3.8, 4) is 0 Å². The highest BCUT2D eigenvalue weighted by atomic mass is 28.3. The number of carboxylic acid groups (broad SMARTS) is 1. The van der Waals surface area contributed by atoms with E-state index in [1.807, 2.05) is 12.1 Å². The molecule has 0 aliphatic rings. The summed E-state index contributed by atoms with van der Waals surface area (Å²) in [7, 11) is -1.05. The number of rotatable bonds is 17. The number of carbonyl (C=O) groups is 1. The summed E-state index contributed by atoms with van der Waals surface area (Å²) in [6, 6.07) is 8.48. The van der Waals surface area contributed by atoms with Crippen molar-refractivity contribution in [2.75, 3.05) is 11.9 Å². The molecule has 2 N–H and O–H groups in total. The first-order valence-corrected chi connectivity index (χ1v) is 15.9. The number of hydrogen-bond donors (Lipinski definition) is 2. The van der Waals surface area contributed by atoms with Gasteiger partial charge in [0.15, 0.2) is 0 Å². The van der Waals surface area contributed by atoms with E-state index >= 15 is 0 Å². The van der Waals surface area contributed by atoms with Crippen molar-refractivity contribution >= 4 is 19.7 Å². The Balaban J connectivity index is 1.86. The Morgan fingerprint density at radius 1 is 0.774 bits per heavy atom. The lowest BCUT2D eigenvalue weighted by molar-refractivity contribution is 0.0697. The van der Waals surface area contributed by atoms with E-state index in [0.29, 0.717) is 10.6 Å². The van der Waals surface area contributed by atoms with Gasteiger partial charge < -0.3 is 10.4 Å². The molecule has 0 amide bonds. The Kier molecular flexibility index (Phi) is 13.2. The molecule has 0 aliphatic carbocycles. The molecule has 0 aliphatic heterocycles. The average Bonchev–Trinajstić information content (AvgIpc) is 2.70. The van der Waals surface area contributed by atoms with Gasteiger partial charge in [0.05, 0.1) is 13.6 Å². The molecule has 0 fully saturated rings. The number of unbranched alkanes of at least 4 members (excludes halogenated alkanes) is 11. The van der Waals surface area contributed by atoms with Crippen LogP contribution in [0.4, 0.5) is 5.69 Å². The summed E-state index contributed by atoms with van der Waals surface area (Å²) in [5.74, 6) is -0.872. The van der Waals surface area contributed by atoms with Crippen LogP contribution in [0.15, 0.2) is 24.3 Å². The van der Waals surface area contributed by atoms with Crippen LogP contribution in [0.3, 0.4) is 0 Å². The normalized spacial score (nSPS) is 12.2. The number of benzene rings is 1. The highest BCUT2D eigenvalue weighted by Crippen LogP contribution is 2.39. The predicted molar refractivity (Wildman–Crippen MR) is 139 cm³/mol. The number of carboxylic acids is 1. The second kappa shape index (κ2) is 14.7. The molecular formula is C27H49NO2Si. The first-order valence-electron chi connectivity index (χ1n) is 12.7. The van der Waals surface area contributed by atoms with Crippen LogP contribution in [0, 0.1) is 0 Å². The van der Waals surface area contributed by atoms with Crippen LogP contribution in [0.5, 0.6) is 0 Å². The second-order valence-corrected chi connectivity index (χ2v) is 16.7. The lowest BCUT2D eigenvalue weighted by Crippen LogP contribution is -2.36. The maximum atomic E-state index is 10.8. The standard InChI is InChI=1S/C27H49NO2Si/c1-27(2,3)31(4,5)23-17-15-13-11-9-7-6-8-10-12-14-16-22-28-25-20-18-24(19-21-25)26(29)30/h18-21,28H,6-17,22-23H2,1-5H3,(H,29,30). The van der Waals surface area contributed by atoms with Crippen molar-refractivity contribution in [3.63, 3.8) is 0 Å². The van der Waals surface area contributed by atoms with Crippen LogP contribution in [-0.2, 0) is 0 Å².